The molecule has 1 rings (SSSR count). The Labute approximate surface area is 144 Å². The maximum atomic E-state index is 6.47. The Kier molecular flexibility index (Phi) is 9.57. The second kappa shape index (κ2) is 10.9. The molecule has 0 bridgehead atoms. The predicted molar refractivity (Wildman–Crippen MR) is 103 cm³/mol. The molecular formula is C20H36O2Si. The van der Waals surface area contributed by atoms with Gasteiger partial charge in [0.2, 0.25) is 0 Å². The topological polar surface area (TPSA) is 18.5 Å². The van der Waals surface area contributed by atoms with Crippen molar-refractivity contribution in [1.29, 1.82) is 0 Å². The Hall–Kier alpha value is -0.803. The number of aryl methyl sites for hydroxylation is 1. The van der Waals surface area contributed by atoms with E-state index in [1.165, 1.54) is 43.2 Å². The zero-order valence-corrected chi connectivity index (χ0v) is 16.9. The number of unbranched alkanes of at least 4 members (excludes halogenated alkanes) is 5. The van der Waals surface area contributed by atoms with Crippen LogP contribution in [-0.2, 0) is 4.43 Å². The van der Waals surface area contributed by atoms with E-state index in [-0.39, 0.29) is 0 Å². The molecule has 23 heavy (non-hydrogen) atoms. The smallest absolute Gasteiger partial charge is 0.398 e. The van der Waals surface area contributed by atoms with Crippen LogP contribution in [0.4, 0.5) is 0 Å². The minimum Gasteiger partial charge on any atom is -0.520 e. The molecule has 0 aromatic heterocycles. The normalized spacial score (nSPS) is 11.7. The third-order valence-electron chi connectivity index (χ3n) is 4.79. The molecule has 0 atom stereocenters. The van der Waals surface area contributed by atoms with Gasteiger partial charge in [-0.15, -0.1) is 0 Å². The maximum absolute atomic E-state index is 6.47. The van der Waals surface area contributed by atoms with E-state index in [0.717, 1.165) is 30.9 Å². The molecule has 0 fully saturated rings. The van der Waals surface area contributed by atoms with Crippen LogP contribution in [0.5, 0.6) is 5.75 Å². The predicted octanol–water partition coefficient (Wildman–Crippen LogP) is 6.54. The molecule has 0 aliphatic rings. The molecule has 1 aromatic carbocycles. The summed E-state index contributed by atoms with van der Waals surface area (Å²) < 4.78 is 12.8. The molecular weight excluding hydrogens is 300 g/mol. The van der Waals surface area contributed by atoms with Gasteiger partial charge < -0.3 is 8.85 Å². The Morgan fingerprint density at radius 1 is 0.870 bits per heavy atom. The first-order valence-electron chi connectivity index (χ1n) is 9.47. The van der Waals surface area contributed by atoms with E-state index in [1.54, 1.807) is 0 Å². The lowest BCUT2D eigenvalue weighted by atomic mass is 10.1. The van der Waals surface area contributed by atoms with Crippen LogP contribution in [0.2, 0.25) is 12.1 Å². The molecule has 3 heteroatoms. The highest BCUT2D eigenvalue weighted by Crippen LogP contribution is 2.28. The maximum Gasteiger partial charge on any atom is 0.398 e. The minimum absolute atomic E-state index is 0.852. The zero-order valence-electron chi connectivity index (χ0n) is 15.9. The van der Waals surface area contributed by atoms with Crippen molar-refractivity contribution < 1.29 is 8.85 Å². The van der Waals surface area contributed by atoms with E-state index in [9.17, 15) is 0 Å². The molecule has 1 aromatic rings. The van der Waals surface area contributed by atoms with Crippen molar-refractivity contribution in [1.82, 2.24) is 0 Å². The average Bonchev–Trinajstić information content (AvgIpc) is 2.57. The van der Waals surface area contributed by atoms with Crippen molar-refractivity contribution in [3.05, 3.63) is 29.3 Å². The Morgan fingerprint density at radius 3 is 2.17 bits per heavy atom. The van der Waals surface area contributed by atoms with Crippen LogP contribution in [0.1, 0.15) is 70.4 Å². The Morgan fingerprint density at radius 2 is 1.52 bits per heavy atom. The van der Waals surface area contributed by atoms with Crippen LogP contribution in [0.25, 0.3) is 0 Å². The van der Waals surface area contributed by atoms with Gasteiger partial charge in [-0.25, -0.2) is 0 Å². The number of benzene rings is 1. The lowest BCUT2D eigenvalue weighted by molar-refractivity contribution is 0.230. The summed E-state index contributed by atoms with van der Waals surface area (Å²) in [6.07, 6.45) is 7.80. The molecule has 0 amide bonds. The molecule has 0 saturated heterocycles. The van der Waals surface area contributed by atoms with E-state index >= 15 is 0 Å². The average molecular weight is 337 g/mol. The van der Waals surface area contributed by atoms with E-state index < -0.39 is 8.56 Å². The zero-order chi connectivity index (χ0) is 17.1. The van der Waals surface area contributed by atoms with Crippen LogP contribution in [0.15, 0.2) is 18.2 Å². The monoisotopic (exact) mass is 336 g/mol. The third kappa shape index (κ3) is 6.68. The molecule has 0 aliphatic carbocycles. The lowest BCUT2D eigenvalue weighted by Gasteiger charge is -2.30. The first-order chi connectivity index (χ1) is 11.1. The fraction of sp³-hybridized carbons (Fsp3) is 0.700. The minimum atomic E-state index is -2.11. The van der Waals surface area contributed by atoms with Gasteiger partial charge in [0, 0.05) is 6.61 Å². The van der Waals surface area contributed by atoms with E-state index in [4.69, 9.17) is 8.85 Å². The van der Waals surface area contributed by atoms with Crippen LogP contribution < -0.4 is 4.43 Å². The number of hydrogen-bond acceptors (Lipinski definition) is 2. The molecule has 0 saturated carbocycles. The highest BCUT2D eigenvalue weighted by molar-refractivity contribution is 6.68. The molecule has 2 nitrogen and oxygen atoms in total. The molecule has 0 aliphatic heterocycles. The third-order valence-corrected chi connectivity index (χ3v) is 8.27. The summed E-state index contributed by atoms with van der Waals surface area (Å²) in [6.45, 7) is 11.8. The van der Waals surface area contributed by atoms with Gasteiger partial charge in [0.1, 0.15) is 5.75 Å². The van der Waals surface area contributed by atoms with Gasteiger partial charge in [-0.1, -0.05) is 65.0 Å². The van der Waals surface area contributed by atoms with E-state index in [1.807, 2.05) is 0 Å². The van der Waals surface area contributed by atoms with Crippen molar-refractivity contribution in [3.8, 4) is 5.75 Å². The molecule has 0 unspecified atom stereocenters. The largest absolute Gasteiger partial charge is 0.520 e. The summed E-state index contributed by atoms with van der Waals surface area (Å²) in [4.78, 5) is 0. The first kappa shape index (κ1) is 20.2. The van der Waals surface area contributed by atoms with Gasteiger partial charge in [0.15, 0.2) is 0 Å². The van der Waals surface area contributed by atoms with Crippen LogP contribution in [0, 0.1) is 13.8 Å². The van der Waals surface area contributed by atoms with Gasteiger partial charge in [-0.3, -0.25) is 0 Å². The quantitative estimate of drug-likeness (QED) is 0.318. The molecule has 0 heterocycles. The molecule has 132 valence electrons. The lowest BCUT2D eigenvalue weighted by Crippen LogP contribution is -2.44. The molecule has 0 radical (unpaired) electrons. The van der Waals surface area contributed by atoms with Crippen molar-refractivity contribution >= 4 is 8.56 Å². The van der Waals surface area contributed by atoms with E-state index in [2.05, 4.69) is 52.8 Å². The van der Waals surface area contributed by atoms with Gasteiger partial charge in [-0.2, -0.15) is 0 Å². The van der Waals surface area contributed by atoms with Gasteiger partial charge in [0.05, 0.1) is 0 Å². The summed E-state index contributed by atoms with van der Waals surface area (Å²) in [5, 5.41) is 0. The van der Waals surface area contributed by atoms with Crippen LogP contribution in [0.3, 0.4) is 0 Å². The highest BCUT2D eigenvalue weighted by atomic mass is 28.4. The number of rotatable bonds is 12. The van der Waals surface area contributed by atoms with Gasteiger partial charge >= 0.3 is 8.56 Å². The van der Waals surface area contributed by atoms with Crippen molar-refractivity contribution in [2.75, 3.05) is 6.61 Å². The number of hydrogen-bond donors (Lipinski definition) is 0. The molecule has 0 N–H and O–H groups in total. The van der Waals surface area contributed by atoms with Crippen LogP contribution in [-0.4, -0.2) is 15.2 Å². The SMILES string of the molecule is CCCCCCCCO[Si](CC)(CC)Oc1cccc(C)c1C. The fourth-order valence-corrected chi connectivity index (χ4v) is 5.20. The standard InChI is InChI=1S/C20H36O2Si/c1-6-9-10-11-12-13-17-21-23(7-2,8-3)22-20-16-14-15-18(4)19(20)5/h14-16H,6-13,17H2,1-5H3. The highest BCUT2D eigenvalue weighted by Gasteiger charge is 2.36. The summed E-state index contributed by atoms with van der Waals surface area (Å²) in [5.41, 5.74) is 2.53. The van der Waals surface area contributed by atoms with Gasteiger partial charge in [-0.05, 0) is 49.5 Å². The van der Waals surface area contributed by atoms with Crippen LogP contribution >= 0.6 is 0 Å². The van der Waals surface area contributed by atoms with E-state index in [0.29, 0.717) is 0 Å². The fourth-order valence-electron chi connectivity index (χ4n) is 2.80. The van der Waals surface area contributed by atoms with Crippen molar-refractivity contribution in [2.24, 2.45) is 0 Å². The summed E-state index contributed by atoms with van der Waals surface area (Å²) in [5.74, 6) is 1.02. The molecule has 0 spiro atoms. The second-order valence-electron chi connectivity index (χ2n) is 6.53. The Bertz CT molecular complexity index is 441. The first-order valence-corrected chi connectivity index (χ1v) is 11.7. The van der Waals surface area contributed by atoms with Crippen molar-refractivity contribution in [3.63, 3.8) is 0 Å². The summed E-state index contributed by atoms with van der Waals surface area (Å²) >= 11 is 0. The second-order valence-corrected chi connectivity index (χ2v) is 10.3. The Balaban J connectivity index is 2.53. The van der Waals surface area contributed by atoms with Gasteiger partial charge in [0.25, 0.3) is 0 Å². The summed E-state index contributed by atoms with van der Waals surface area (Å²) in [6, 6.07) is 8.32. The van der Waals surface area contributed by atoms with Crippen molar-refractivity contribution in [2.45, 2.75) is 85.2 Å². The summed E-state index contributed by atoms with van der Waals surface area (Å²) in [7, 11) is -2.11.